The molecule has 0 saturated carbocycles. The Morgan fingerprint density at radius 3 is 1.66 bits per heavy atom. The molecule has 1 heterocycles. The highest BCUT2D eigenvalue weighted by atomic mass is 16.5. The van der Waals surface area contributed by atoms with E-state index in [4.69, 9.17) is 18.9 Å². The molecule has 1 N–H and O–H groups in total. The van der Waals surface area contributed by atoms with E-state index >= 15 is 0 Å². The highest BCUT2D eigenvalue weighted by Crippen LogP contribution is 2.19. The Morgan fingerprint density at radius 1 is 0.600 bits per heavy atom. The lowest BCUT2D eigenvalue weighted by Gasteiger charge is -2.13. The summed E-state index contributed by atoms with van der Waals surface area (Å²) in [7, 11) is 0. The van der Waals surface area contributed by atoms with Crippen molar-refractivity contribution < 1.29 is 47.7 Å². The lowest BCUT2D eigenvalue weighted by atomic mass is 10.0. The molecule has 1 aliphatic rings. The Balaban J connectivity index is 1.75. The van der Waals surface area contributed by atoms with Crippen molar-refractivity contribution in [2.75, 3.05) is 72.5 Å². The SMILES string of the molecule is CC(=O)COCCOCCCC(=O)COCCOCCNCC(=O)CCCCCCCCCCCCCCC(=O)CCN1C(=O)CC(C)C1=O. The number of amides is 2. The summed E-state index contributed by atoms with van der Waals surface area (Å²) in [6.45, 7) is 7.02. The number of ether oxygens (including phenoxy) is 4. The van der Waals surface area contributed by atoms with Gasteiger partial charge >= 0.3 is 0 Å². The van der Waals surface area contributed by atoms with Gasteiger partial charge < -0.3 is 24.3 Å². The molecule has 0 bridgehead atoms. The fourth-order valence-corrected chi connectivity index (χ4v) is 5.60. The molecule has 0 aliphatic carbocycles. The minimum atomic E-state index is -0.249. The Morgan fingerprint density at radius 2 is 1.10 bits per heavy atom. The van der Waals surface area contributed by atoms with Gasteiger partial charge in [-0.25, -0.2) is 0 Å². The summed E-state index contributed by atoms with van der Waals surface area (Å²) in [6, 6.07) is 0. The van der Waals surface area contributed by atoms with Crippen LogP contribution < -0.4 is 5.32 Å². The molecule has 2 amide bonds. The van der Waals surface area contributed by atoms with E-state index in [0.29, 0.717) is 78.4 Å². The second-order valence-corrected chi connectivity index (χ2v) is 13.4. The minimum absolute atomic E-state index is 0.0195. The van der Waals surface area contributed by atoms with Gasteiger partial charge in [-0.05, 0) is 26.2 Å². The molecule has 50 heavy (non-hydrogen) atoms. The van der Waals surface area contributed by atoms with Crippen LogP contribution in [-0.4, -0.2) is 112 Å². The molecule has 0 aromatic heterocycles. The van der Waals surface area contributed by atoms with E-state index < -0.39 is 0 Å². The van der Waals surface area contributed by atoms with E-state index in [2.05, 4.69) is 5.32 Å². The fourth-order valence-electron chi connectivity index (χ4n) is 5.60. The van der Waals surface area contributed by atoms with E-state index in [0.717, 1.165) is 32.1 Å². The Hall–Kier alpha value is -2.38. The summed E-state index contributed by atoms with van der Waals surface area (Å²) < 4.78 is 21.3. The van der Waals surface area contributed by atoms with Crippen LogP contribution in [0.1, 0.15) is 129 Å². The van der Waals surface area contributed by atoms with E-state index in [1.807, 2.05) is 0 Å². The van der Waals surface area contributed by atoms with Gasteiger partial charge in [0.2, 0.25) is 11.8 Å². The molecule has 0 radical (unpaired) electrons. The van der Waals surface area contributed by atoms with Gasteiger partial charge in [0.25, 0.3) is 0 Å². The number of unbranched alkanes of at least 4 members (excludes halogenated alkanes) is 11. The largest absolute Gasteiger partial charge is 0.379 e. The lowest BCUT2D eigenvalue weighted by Crippen LogP contribution is -2.32. The number of carbonyl (C=O) groups excluding carboxylic acids is 6. The van der Waals surface area contributed by atoms with Crippen molar-refractivity contribution >= 4 is 34.9 Å². The van der Waals surface area contributed by atoms with Crippen molar-refractivity contribution in [3.63, 3.8) is 0 Å². The van der Waals surface area contributed by atoms with Gasteiger partial charge in [0.05, 0.1) is 39.6 Å². The van der Waals surface area contributed by atoms with Gasteiger partial charge in [-0.15, -0.1) is 0 Å². The van der Waals surface area contributed by atoms with Gasteiger partial charge in [-0.1, -0.05) is 71.1 Å². The third-order valence-electron chi connectivity index (χ3n) is 8.55. The molecular formula is C38H66N2O10. The van der Waals surface area contributed by atoms with Crippen LogP contribution in [0.2, 0.25) is 0 Å². The van der Waals surface area contributed by atoms with Crippen LogP contribution in [0.15, 0.2) is 0 Å². The average molecular weight is 711 g/mol. The van der Waals surface area contributed by atoms with Gasteiger partial charge in [-0.3, -0.25) is 33.7 Å². The van der Waals surface area contributed by atoms with E-state index in [1.54, 1.807) is 6.92 Å². The maximum Gasteiger partial charge on any atom is 0.232 e. The predicted molar refractivity (Wildman–Crippen MR) is 191 cm³/mol. The number of likely N-dealkylation sites (tertiary alicyclic amines) is 1. The first-order valence-corrected chi connectivity index (χ1v) is 19.1. The normalized spacial score (nSPS) is 14.5. The zero-order valence-electron chi connectivity index (χ0n) is 31.1. The molecule has 1 rings (SSSR count). The van der Waals surface area contributed by atoms with Gasteiger partial charge in [0.15, 0.2) is 11.6 Å². The van der Waals surface area contributed by atoms with Gasteiger partial charge in [0, 0.05) is 57.7 Å². The molecule has 1 atom stereocenters. The smallest absolute Gasteiger partial charge is 0.232 e. The first kappa shape index (κ1) is 45.6. The molecule has 1 fully saturated rings. The summed E-state index contributed by atoms with van der Waals surface area (Å²) >= 11 is 0. The molecule has 1 saturated heterocycles. The topological polar surface area (TPSA) is 155 Å². The Labute approximate surface area is 300 Å². The van der Waals surface area contributed by atoms with Crippen LogP contribution in [0.4, 0.5) is 0 Å². The van der Waals surface area contributed by atoms with Crippen LogP contribution in [0.3, 0.4) is 0 Å². The van der Waals surface area contributed by atoms with Crippen molar-refractivity contribution in [2.45, 2.75) is 129 Å². The molecule has 0 aromatic carbocycles. The van der Waals surface area contributed by atoms with Crippen LogP contribution in [0, 0.1) is 5.92 Å². The number of imide groups is 1. The zero-order valence-corrected chi connectivity index (χ0v) is 31.1. The quantitative estimate of drug-likeness (QED) is 0.0687. The average Bonchev–Trinajstić information content (AvgIpc) is 3.33. The maximum absolute atomic E-state index is 12.1. The highest BCUT2D eigenvalue weighted by molar-refractivity contribution is 6.03. The number of hydrogen-bond acceptors (Lipinski definition) is 11. The van der Waals surface area contributed by atoms with Crippen LogP contribution >= 0.6 is 0 Å². The monoisotopic (exact) mass is 710 g/mol. The van der Waals surface area contributed by atoms with Crippen molar-refractivity contribution in [1.29, 1.82) is 0 Å². The van der Waals surface area contributed by atoms with E-state index in [9.17, 15) is 28.8 Å². The lowest BCUT2D eigenvalue weighted by molar-refractivity contribution is -0.139. The second kappa shape index (κ2) is 31.4. The van der Waals surface area contributed by atoms with Crippen LogP contribution in [-0.2, 0) is 47.7 Å². The molecular weight excluding hydrogens is 644 g/mol. The zero-order chi connectivity index (χ0) is 36.7. The van der Waals surface area contributed by atoms with Gasteiger partial charge in [-0.2, -0.15) is 0 Å². The third-order valence-corrected chi connectivity index (χ3v) is 8.55. The molecule has 0 spiro atoms. The van der Waals surface area contributed by atoms with Crippen molar-refractivity contribution in [3.8, 4) is 0 Å². The minimum Gasteiger partial charge on any atom is -0.379 e. The van der Waals surface area contributed by atoms with Crippen LogP contribution in [0.25, 0.3) is 0 Å². The van der Waals surface area contributed by atoms with Crippen molar-refractivity contribution in [3.05, 3.63) is 0 Å². The van der Waals surface area contributed by atoms with Crippen LogP contribution in [0.5, 0.6) is 0 Å². The van der Waals surface area contributed by atoms with Crippen molar-refractivity contribution in [1.82, 2.24) is 10.2 Å². The van der Waals surface area contributed by atoms with Gasteiger partial charge in [0.1, 0.15) is 24.8 Å². The Kier molecular flexibility index (Phi) is 28.6. The standard InChI is InChI=1S/C38H66N2O10/c1-32-28-37(45)40(38(32)46)21-19-34(42)16-13-11-9-7-5-3-4-6-8-10-12-14-17-35(43)29-39-20-23-48-25-27-50-31-36(44)18-15-22-47-24-26-49-30-33(2)41/h32,39H,3-31H2,1-2H3. The molecule has 288 valence electrons. The van der Waals surface area contributed by atoms with E-state index in [1.165, 1.54) is 56.8 Å². The summed E-state index contributed by atoms with van der Waals surface area (Å²) in [4.78, 5) is 71.7. The number of carbonyl (C=O) groups is 6. The third kappa shape index (κ3) is 26.4. The summed E-state index contributed by atoms with van der Waals surface area (Å²) in [5.74, 6) is -0.176. The molecule has 0 aromatic rings. The summed E-state index contributed by atoms with van der Waals surface area (Å²) in [5, 5.41) is 3.12. The van der Waals surface area contributed by atoms with Crippen molar-refractivity contribution in [2.24, 2.45) is 5.92 Å². The molecule has 12 nitrogen and oxygen atoms in total. The number of rotatable bonds is 37. The number of nitrogens with one attached hydrogen (secondary N) is 1. The highest BCUT2D eigenvalue weighted by Gasteiger charge is 2.35. The number of Topliss-reactive ketones (excluding diaryl/α,β-unsaturated/α-hetero) is 4. The fraction of sp³-hybridized carbons (Fsp3) is 0.842. The summed E-state index contributed by atoms with van der Waals surface area (Å²) in [6.07, 6.45) is 16.4. The maximum atomic E-state index is 12.1. The number of hydrogen-bond donors (Lipinski definition) is 1. The second-order valence-electron chi connectivity index (χ2n) is 13.4. The molecule has 12 heteroatoms. The van der Waals surface area contributed by atoms with E-state index in [-0.39, 0.29) is 73.5 Å². The Bertz CT molecular complexity index is 973. The molecule has 1 unspecified atom stereocenters. The molecule has 1 aliphatic heterocycles. The number of nitrogens with zero attached hydrogens (tertiary/aromatic N) is 1. The first-order chi connectivity index (χ1) is 24.2. The predicted octanol–water partition coefficient (Wildman–Crippen LogP) is 4.97. The first-order valence-electron chi connectivity index (χ1n) is 19.1. The summed E-state index contributed by atoms with van der Waals surface area (Å²) in [5.41, 5.74) is 0. The number of ketones is 4.